The van der Waals surface area contributed by atoms with Gasteiger partial charge in [0.15, 0.2) is 5.41 Å². The fourth-order valence-electron chi connectivity index (χ4n) is 4.84. The van der Waals surface area contributed by atoms with Crippen LogP contribution >= 0.6 is 0 Å². The van der Waals surface area contributed by atoms with E-state index in [4.69, 9.17) is 0 Å². The van der Waals surface area contributed by atoms with Crippen LogP contribution in [0.2, 0.25) is 0 Å². The Morgan fingerprint density at radius 2 is 2.07 bits per heavy atom. The summed E-state index contributed by atoms with van der Waals surface area (Å²) >= 11 is 0. The van der Waals surface area contributed by atoms with Crippen LogP contribution in [0.5, 0.6) is 0 Å². The summed E-state index contributed by atoms with van der Waals surface area (Å²) in [6.07, 6.45) is 3.09. The molecule has 3 aliphatic heterocycles. The van der Waals surface area contributed by atoms with Crippen molar-refractivity contribution < 1.29 is 19.3 Å². The smallest absolute Gasteiger partial charge is 0.330 e. The van der Waals surface area contributed by atoms with E-state index >= 15 is 0 Å². The summed E-state index contributed by atoms with van der Waals surface area (Å²) in [7, 11) is 0. The Morgan fingerprint density at radius 1 is 1.29 bits per heavy atom. The Kier molecular flexibility index (Phi) is 4.32. The molecule has 9 nitrogen and oxygen atoms in total. The van der Waals surface area contributed by atoms with Gasteiger partial charge in [-0.3, -0.25) is 29.9 Å². The Hall–Kier alpha value is -2.97. The van der Waals surface area contributed by atoms with Gasteiger partial charge in [-0.25, -0.2) is 4.79 Å². The number of imide groups is 2. The van der Waals surface area contributed by atoms with Gasteiger partial charge in [-0.15, -0.1) is 0 Å². The first-order valence-corrected chi connectivity index (χ1v) is 9.61. The number of nitro benzene ring substituents is 1. The van der Waals surface area contributed by atoms with Crippen LogP contribution in [0.25, 0.3) is 0 Å². The number of carbonyl (C=O) groups excluding carboxylic acids is 3. The molecule has 3 heterocycles. The second-order valence-corrected chi connectivity index (χ2v) is 7.64. The molecule has 4 rings (SSSR count). The number of carbonyl (C=O) groups is 3. The zero-order valence-corrected chi connectivity index (χ0v) is 15.6. The molecule has 0 aromatic heterocycles. The molecule has 0 saturated carbocycles. The molecular formula is C19H22N4O5. The van der Waals surface area contributed by atoms with Crippen molar-refractivity contribution in [1.82, 2.24) is 10.2 Å². The van der Waals surface area contributed by atoms with E-state index in [9.17, 15) is 24.5 Å². The SMILES string of the molecule is CCCN1C(=O)NC(=O)[C@]2(Cc3cc([N+](=O)[O-])ccc3N3CCCC[C@@H]32)C1=O. The Bertz CT molecular complexity index is 885. The average Bonchev–Trinajstić information content (AvgIpc) is 2.69. The van der Waals surface area contributed by atoms with E-state index in [0.717, 1.165) is 23.4 Å². The number of urea groups is 1. The third-order valence-electron chi connectivity index (χ3n) is 6.07. The van der Waals surface area contributed by atoms with Crippen molar-refractivity contribution in [1.29, 1.82) is 0 Å². The summed E-state index contributed by atoms with van der Waals surface area (Å²) in [5.41, 5.74) is -0.0808. The van der Waals surface area contributed by atoms with E-state index < -0.39 is 28.2 Å². The van der Waals surface area contributed by atoms with Crippen molar-refractivity contribution >= 4 is 29.2 Å². The van der Waals surface area contributed by atoms with Crippen molar-refractivity contribution in [3.63, 3.8) is 0 Å². The second kappa shape index (κ2) is 6.57. The number of hydrogen-bond donors (Lipinski definition) is 1. The minimum absolute atomic E-state index is 0.0589. The number of amides is 4. The van der Waals surface area contributed by atoms with Gasteiger partial charge in [-0.05, 0) is 37.3 Å². The van der Waals surface area contributed by atoms with Gasteiger partial charge in [0.2, 0.25) is 11.8 Å². The number of benzene rings is 1. The first kappa shape index (κ1) is 18.4. The summed E-state index contributed by atoms with van der Waals surface area (Å²) in [6, 6.07) is 3.56. The topological polar surface area (TPSA) is 113 Å². The summed E-state index contributed by atoms with van der Waals surface area (Å²) in [5.74, 6) is -1.08. The number of nitro groups is 1. The molecular weight excluding hydrogens is 364 g/mol. The summed E-state index contributed by atoms with van der Waals surface area (Å²) in [5, 5.41) is 13.6. The maximum absolute atomic E-state index is 13.5. The lowest BCUT2D eigenvalue weighted by molar-refractivity contribution is -0.384. The number of barbiturate groups is 1. The number of fused-ring (bicyclic) bond motifs is 4. The number of rotatable bonds is 3. The molecule has 3 aliphatic rings. The minimum atomic E-state index is -1.44. The normalized spacial score (nSPS) is 26.8. The second-order valence-electron chi connectivity index (χ2n) is 7.64. The molecule has 1 N–H and O–H groups in total. The fraction of sp³-hybridized carbons (Fsp3) is 0.526. The lowest BCUT2D eigenvalue weighted by atomic mass is 9.66. The van der Waals surface area contributed by atoms with Gasteiger partial charge in [-0.2, -0.15) is 0 Å². The third-order valence-corrected chi connectivity index (χ3v) is 6.07. The van der Waals surface area contributed by atoms with Crippen LogP contribution in [0.1, 0.15) is 38.2 Å². The molecule has 148 valence electrons. The monoisotopic (exact) mass is 386 g/mol. The van der Waals surface area contributed by atoms with E-state index in [-0.39, 0.29) is 24.7 Å². The van der Waals surface area contributed by atoms with Crippen LogP contribution in [0.4, 0.5) is 16.2 Å². The van der Waals surface area contributed by atoms with Crippen LogP contribution in [-0.2, 0) is 16.0 Å². The number of non-ortho nitro benzene ring substituents is 1. The van der Waals surface area contributed by atoms with Crippen molar-refractivity contribution in [2.24, 2.45) is 5.41 Å². The van der Waals surface area contributed by atoms with E-state index in [1.54, 1.807) is 6.07 Å². The van der Waals surface area contributed by atoms with Crippen LogP contribution in [0.3, 0.4) is 0 Å². The predicted octanol–water partition coefficient (Wildman–Crippen LogP) is 1.98. The molecule has 9 heteroatoms. The zero-order valence-electron chi connectivity index (χ0n) is 15.6. The lowest BCUT2D eigenvalue weighted by Gasteiger charge is -2.53. The molecule has 1 spiro atoms. The first-order valence-electron chi connectivity index (χ1n) is 9.61. The molecule has 1 aromatic rings. The molecule has 0 unspecified atom stereocenters. The van der Waals surface area contributed by atoms with Gasteiger partial charge in [0.05, 0.1) is 11.0 Å². The number of anilines is 1. The molecule has 4 amide bonds. The molecule has 0 bridgehead atoms. The van der Waals surface area contributed by atoms with Crippen molar-refractivity contribution in [2.45, 2.75) is 45.1 Å². The summed E-state index contributed by atoms with van der Waals surface area (Å²) in [4.78, 5) is 52.7. The molecule has 2 fully saturated rings. The van der Waals surface area contributed by atoms with E-state index in [0.29, 0.717) is 24.9 Å². The number of hydrogen-bond acceptors (Lipinski definition) is 6. The van der Waals surface area contributed by atoms with Gasteiger partial charge >= 0.3 is 6.03 Å². The molecule has 2 saturated heterocycles. The first-order chi connectivity index (χ1) is 13.4. The maximum Gasteiger partial charge on any atom is 0.330 e. The Balaban J connectivity index is 1.87. The van der Waals surface area contributed by atoms with Crippen LogP contribution in [0.15, 0.2) is 18.2 Å². The standard InChI is InChI=1S/C19H22N4O5/c1-2-8-22-17(25)19(16(24)20-18(22)26)11-12-10-13(23(27)28)6-7-14(12)21-9-4-3-5-15(19)21/h6-7,10,15H,2-5,8-9,11H2,1H3,(H,20,24,26)/t15-,19-/m1/s1. The Morgan fingerprint density at radius 3 is 2.79 bits per heavy atom. The highest BCUT2D eigenvalue weighted by Gasteiger charge is 2.62. The number of nitrogens with one attached hydrogen (secondary N) is 1. The van der Waals surface area contributed by atoms with E-state index in [1.807, 2.05) is 11.8 Å². The van der Waals surface area contributed by atoms with Gasteiger partial charge in [0.25, 0.3) is 5.69 Å². The fourth-order valence-corrected chi connectivity index (χ4v) is 4.84. The quantitative estimate of drug-likeness (QED) is 0.483. The van der Waals surface area contributed by atoms with E-state index in [2.05, 4.69) is 5.32 Å². The van der Waals surface area contributed by atoms with Gasteiger partial charge in [-0.1, -0.05) is 6.92 Å². The molecule has 28 heavy (non-hydrogen) atoms. The average molecular weight is 386 g/mol. The lowest BCUT2D eigenvalue weighted by Crippen LogP contribution is -2.72. The van der Waals surface area contributed by atoms with Crippen molar-refractivity contribution in [3.05, 3.63) is 33.9 Å². The Labute approximate surface area is 161 Å². The summed E-state index contributed by atoms with van der Waals surface area (Å²) in [6.45, 7) is 2.75. The van der Waals surface area contributed by atoms with Crippen molar-refractivity contribution in [3.8, 4) is 0 Å². The predicted molar refractivity (Wildman–Crippen MR) is 99.8 cm³/mol. The number of piperidine rings is 1. The van der Waals surface area contributed by atoms with E-state index in [1.165, 1.54) is 12.1 Å². The van der Waals surface area contributed by atoms with Gasteiger partial charge in [0.1, 0.15) is 0 Å². The molecule has 0 aliphatic carbocycles. The molecule has 2 atom stereocenters. The summed E-state index contributed by atoms with van der Waals surface area (Å²) < 4.78 is 0. The van der Waals surface area contributed by atoms with Crippen LogP contribution < -0.4 is 10.2 Å². The van der Waals surface area contributed by atoms with Gasteiger partial charge in [0, 0.05) is 37.3 Å². The minimum Gasteiger partial charge on any atom is -0.367 e. The third kappa shape index (κ3) is 2.49. The van der Waals surface area contributed by atoms with Crippen LogP contribution in [0, 0.1) is 15.5 Å². The van der Waals surface area contributed by atoms with Gasteiger partial charge < -0.3 is 4.90 Å². The highest BCUT2D eigenvalue weighted by molar-refractivity contribution is 6.20. The maximum atomic E-state index is 13.5. The molecule has 0 radical (unpaired) electrons. The van der Waals surface area contributed by atoms with Crippen molar-refractivity contribution in [2.75, 3.05) is 18.0 Å². The molecule has 1 aromatic carbocycles. The highest BCUT2D eigenvalue weighted by atomic mass is 16.6. The highest BCUT2D eigenvalue weighted by Crippen LogP contribution is 2.48. The zero-order chi connectivity index (χ0) is 20.1. The van der Waals surface area contributed by atoms with Crippen LogP contribution in [-0.4, -0.2) is 46.8 Å². The number of nitrogens with zero attached hydrogens (tertiary/aromatic N) is 3. The largest absolute Gasteiger partial charge is 0.367 e.